The highest BCUT2D eigenvalue weighted by Gasteiger charge is 2.19. The second-order valence-electron chi connectivity index (χ2n) is 7.52. The minimum Gasteiger partial charge on any atom is -0.451 e. The van der Waals surface area contributed by atoms with Crippen molar-refractivity contribution >= 4 is 29.3 Å². The second-order valence-corrected chi connectivity index (χ2v) is 7.93. The van der Waals surface area contributed by atoms with Crippen molar-refractivity contribution in [3.8, 4) is 11.5 Å². The van der Waals surface area contributed by atoms with Gasteiger partial charge in [-0.1, -0.05) is 11.6 Å². The molecule has 174 valence electrons. The molecular weight excluding hydrogens is 463 g/mol. The maximum absolute atomic E-state index is 13.2. The normalized spacial score (nSPS) is 10.9. The Kier molecular flexibility index (Phi) is 6.42. The molecule has 0 bridgehead atoms. The number of nitrogens with one attached hydrogen (secondary N) is 1. The molecule has 0 saturated heterocycles. The number of rotatable bonds is 6. The van der Waals surface area contributed by atoms with Crippen molar-refractivity contribution < 1.29 is 18.7 Å². The topological polar surface area (TPSA) is 104 Å². The van der Waals surface area contributed by atoms with Crippen LogP contribution in [0.2, 0.25) is 5.02 Å². The number of carbonyl (C=O) groups excluding carboxylic acids is 2. The van der Waals surface area contributed by atoms with Crippen molar-refractivity contribution in [2.75, 3.05) is 11.9 Å². The first kappa shape index (κ1) is 23.1. The number of nitrogens with zero attached hydrogens (tertiary/aromatic N) is 5. The third-order valence-electron chi connectivity index (χ3n) is 4.76. The molecule has 0 atom stereocenters. The van der Waals surface area contributed by atoms with Crippen LogP contribution in [0.1, 0.15) is 27.6 Å². The third kappa shape index (κ3) is 4.96. The molecule has 1 amide bonds. The lowest BCUT2D eigenvalue weighted by Crippen LogP contribution is -2.23. The van der Waals surface area contributed by atoms with Gasteiger partial charge in [-0.3, -0.25) is 4.79 Å². The van der Waals surface area contributed by atoms with Crippen LogP contribution >= 0.6 is 11.6 Å². The molecule has 9 nitrogen and oxygen atoms in total. The second kappa shape index (κ2) is 9.44. The monoisotopic (exact) mass is 482 g/mol. The Hall–Kier alpha value is -4.05. The number of aryl methyl sites for hydroxylation is 3. The first-order valence-electron chi connectivity index (χ1n) is 10.2. The number of aromatic nitrogens is 5. The molecule has 34 heavy (non-hydrogen) atoms. The fourth-order valence-electron chi connectivity index (χ4n) is 3.30. The Balaban J connectivity index is 1.45. The first-order chi connectivity index (χ1) is 16.2. The number of amides is 1. The Morgan fingerprint density at radius 1 is 1.00 bits per heavy atom. The lowest BCUT2D eigenvalue weighted by Gasteiger charge is -2.10. The highest BCUT2D eigenvalue weighted by molar-refractivity contribution is 6.33. The molecule has 1 N–H and O–H groups in total. The SMILES string of the molecule is Cc1cc(C)n(-c2ccc(Cl)c(C(=O)OCC(=O)Nc3cc(C)nn3-c3ccc(F)cc3)n2)n1. The van der Waals surface area contributed by atoms with E-state index in [4.69, 9.17) is 16.3 Å². The van der Waals surface area contributed by atoms with Crippen LogP contribution in [0.15, 0.2) is 48.5 Å². The molecule has 0 saturated carbocycles. The molecule has 0 radical (unpaired) electrons. The largest absolute Gasteiger partial charge is 0.451 e. The smallest absolute Gasteiger partial charge is 0.359 e. The van der Waals surface area contributed by atoms with Gasteiger partial charge in [0.1, 0.15) is 11.6 Å². The number of hydrogen-bond donors (Lipinski definition) is 1. The predicted octanol–water partition coefficient (Wildman–Crippen LogP) is 3.97. The van der Waals surface area contributed by atoms with Crippen LogP contribution in [0.25, 0.3) is 11.5 Å². The maximum Gasteiger partial charge on any atom is 0.359 e. The number of ether oxygens (including phenoxy) is 1. The summed E-state index contributed by atoms with van der Waals surface area (Å²) >= 11 is 6.14. The third-order valence-corrected chi connectivity index (χ3v) is 5.06. The predicted molar refractivity (Wildman–Crippen MR) is 123 cm³/mol. The molecule has 3 heterocycles. The van der Waals surface area contributed by atoms with Crippen LogP contribution in [-0.4, -0.2) is 43.0 Å². The zero-order valence-electron chi connectivity index (χ0n) is 18.5. The highest BCUT2D eigenvalue weighted by Crippen LogP contribution is 2.20. The number of pyridine rings is 1. The van der Waals surface area contributed by atoms with Gasteiger partial charge < -0.3 is 10.1 Å². The quantitative estimate of drug-likeness (QED) is 0.417. The zero-order chi connectivity index (χ0) is 24.4. The van der Waals surface area contributed by atoms with E-state index in [0.717, 1.165) is 11.4 Å². The van der Waals surface area contributed by atoms with Crippen LogP contribution in [0.4, 0.5) is 10.2 Å². The number of anilines is 1. The van der Waals surface area contributed by atoms with Crippen molar-refractivity contribution in [3.05, 3.63) is 82.1 Å². The zero-order valence-corrected chi connectivity index (χ0v) is 19.3. The van der Waals surface area contributed by atoms with E-state index in [0.29, 0.717) is 23.0 Å². The van der Waals surface area contributed by atoms with Crippen LogP contribution in [0.5, 0.6) is 0 Å². The molecule has 0 aliphatic heterocycles. The Morgan fingerprint density at radius 3 is 2.35 bits per heavy atom. The Morgan fingerprint density at radius 2 is 1.68 bits per heavy atom. The fraction of sp³-hybridized carbons (Fsp3) is 0.174. The number of hydrogen-bond acceptors (Lipinski definition) is 6. The van der Waals surface area contributed by atoms with E-state index in [9.17, 15) is 14.0 Å². The van der Waals surface area contributed by atoms with Gasteiger partial charge in [0.2, 0.25) is 0 Å². The maximum atomic E-state index is 13.2. The molecule has 1 aromatic carbocycles. The molecule has 0 fully saturated rings. The summed E-state index contributed by atoms with van der Waals surface area (Å²) in [4.78, 5) is 29.3. The van der Waals surface area contributed by atoms with Gasteiger partial charge >= 0.3 is 5.97 Å². The summed E-state index contributed by atoms with van der Waals surface area (Å²) in [6, 6.07) is 12.3. The van der Waals surface area contributed by atoms with Crippen LogP contribution in [0.3, 0.4) is 0 Å². The lowest BCUT2D eigenvalue weighted by atomic mass is 10.3. The minimum absolute atomic E-state index is 0.0840. The van der Waals surface area contributed by atoms with E-state index in [-0.39, 0.29) is 16.5 Å². The van der Waals surface area contributed by atoms with Crippen molar-refractivity contribution in [2.45, 2.75) is 20.8 Å². The highest BCUT2D eigenvalue weighted by atomic mass is 35.5. The van der Waals surface area contributed by atoms with Gasteiger partial charge in [-0.05, 0) is 63.2 Å². The lowest BCUT2D eigenvalue weighted by molar-refractivity contribution is -0.119. The summed E-state index contributed by atoms with van der Waals surface area (Å²) < 4.78 is 21.4. The fourth-order valence-corrected chi connectivity index (χ4v) is 3.48. The van der Waals surface area contributed by atoms with E-state index in [1.165, 1.54) is 35.0 Å². The van der Waals surface area contributed by atoms with E-state index in [1.54, 1.807) is 23.7 Å². The molecule has 4 aromatic rings. The molecule has 0 aliphatic carbocycles. The van der Waals surface area contributed by atoms with E-state index in [2.05, 4.69) is 20.5 Å². The first-order valence-corrected chi connectivity index (χ1v) is 10.6. The number of benzene rings is 1. The molecule has 0 spiro atoms. The minimum atomic E-state index is -0.855. The Bertz CT molecular complexity index is 1380. The van der Waals surface area contributed by atoms with Crippen molar-refractivity contribution in [1.29, 1.82) is 0 Å². The van der Waals surface area contributed by atoms with Crippen molar-refractivity contribution in [3.63, 3.8) is 0 Å². The molecular formula is C23H20ClFN6O3. The van der Waals surface area contributed by atoms with Gasteiger partial charge in [0.15, 0.2) is 18.1 Å². The number of halogens is 2. The summed E-state index contributed by atoms with van der Waals surface area (Å²) in [5.74, 6) is -1.11. The van der Waals surface area contributed by atoms with Crippen LogP contribution < -0.4 is 5.32 Å². The van der Waals surface area contributed by atoms with Gasteiger partial charge in [0, 0.05) is 11.8 Å². The summed E-state index contributed by atoms with van der Waals surface area (Å²) in [6.45, 7) is 4.88. The van der Waals surface area contributed by atoms with Gasteiger partial charge in [-0.25, -0.2) is 23.5 Å². The van der Waals surface area contributed by atoms with Crippen molar-refractivity contribution in [2.24, 2.45) is 0 Å². The summed E-state index contributed by atoms with van der Waals surface area (Å²) in [6.07, 6.45) is 0. The molecule has 0 aliphatic rings. The van der Waals surface area contributed by atoms with E-state index in [1.807, 2.05) is 19.9 Å². The van der Waals surface area contributed by atoms with E-state index < -0.39 is 18.5 Å². The van der Waals surface area contributed by atoms with Crippen LogP contribution in [0, 0.1) is 26.6 Å². The van der Waals surface area contributed by atoms with Crippen molar-refractivity contribution in [1.82, 2.24) is 24.5 Å². The molecule has 4 rings (SSSR count). The summed E-state index contributed by atoms with van der Waals surface area (Å²) in [5, 5.41) is 11.4. The summed E-state index contributed by atoms with van der Waals surface area (Å²) in [7, 11) is 0. The Labute approximate surface area is 199 Å². The standard InChI is InChI=1S/C23H20ClFN6O3/c1-13-10-15(3)30(28-13)19-9-8-18(24)22(27-19)23(33)34-12-21(32)26-20-11-14(2)29-31(20)17-6-4-16(25)5-7-17/h4-11H,12H2,1-3H3,(H,26,32). The van der Waals surface area contributed by atoms with E-state index >= 15 is 0 Å². The van der Waals surface area contributed by atoms with Gasteiger partial charge in [0.05, 0.1) is 22.1 Å². The summed E-state index contributed by atoms with van der Waals surface area (Å²) in [5.41, 5.74) is 2.68. The van der Waals surface area contributed by atoms with Gasteiger partial charge in [-0.2, -0.15) is 10.2 Å². The van der Waals surface area contributed by atoms with Gasteiger partial charge in [0.25, 0.3) is 5.91 Å². The number of carbonyl (C=O) groups is 2. The molecule has 0 unspecified atom stereocenters. The van der Waals surface area contributed by atoms with Crippen LogP contribution in [-0.2, 0) is 9.53 Å². The molecule has 3 aromatic heterocycles. The molecule has 11 heteroatoms. The van der Waals surface area contributed by atoms with Gasteiger partial charge in [-0.15, -0.1) is 0 Å². The average Bonchev–Trinajstić information content (AvgIpc) is 3.33. The number of esters is 1. The average molecular weight is 483 g/mol.